The number of anilines is 2. The van der Waals surface area contributed by atoms with E-state index in [1.165, 1.54) is 30.0 Å². The number of carbonyl (C=O) groups is 3. The fraction of sp³-hybridized carbons (Fsp3) is 0.217. The molecular formula is C23H24N4O3S2. The minimum atomic E-state index is -0.159. The van der Waals surface area contributed by atoms with Crippen molar-refractivity contribution in [2.45, 2.75) is 30.6 Å². The van der Waals surface area contributed by atoms with Crippen LogP contribution in [0, 0.1) is 0 Å². The first-order valence-electron chi connectivity index (χ1n) is 9.98. The summed E-state index contributed by atoms with van der Waals surface area (Å²) in [6.07, 6.45) is 0.196. The second-order valence-corrected chi connectivity index (χ2v) is 9.16. The zero-order chi connectivity index (χ0) is 22.9. The van der Waals surface area contributed by atoms with Gasteiger partial charge in [0.1, 0.15) is 0 Å². The van der Waals surface area contributed by atoms with Gasteiger partial charge in [0, 0.05) is 23.7 Å². The molecule has 166 valence electrons. The third kappa shape index (κ3) is 7.51. The van der Waals surface area contributed by atoms with Crippen molar-refractivity contribution < 1.29 is 14.4 Å². The van der Waals surface area contributed by atoms with E-state index in [0.717, 1.165) is 9.90 Å². The van der Waals surface area contributed by atoms with E-state index in [1.807, 2.05) is 42.6 Å². The van der Waals surface area contributed by atoms with Gasteiger partial charge in [0.25, 0.3) is 0 Å². The van der Waals surface area contributed by atoms with Gasteiger partial charge in [0.05, 0.1) is 23.9 Å². The Kier molecular flexibility index (Phi) is 8.41. The van der Waals surface area contributed by atoms with Gasteiger partial charge in [-0.3, -0.25) is 14.4 Å². The summed E-state index contributed by atoms with van der Waals surface area (Å²) in [5, 5.41) is 10.3. The van der Waals surface area contributed by atoms with Crippen LogP contribution in [0.3, 0.4) is 0 Å². The van der Waals surface area contributed by atoms with E-state index in [0.29, 0.717) is 17.1 Å². The molecule has 0 spiro atoms. The lowest BCUT2D eigenvalue weighted by molar-refractivity contribution is -0.121. The van der Waals surface area contributed by atoms with Crippen LogP contribution in [0.25, 0.3) is 0 Å². The molecule has 1 heterocycles. The maximum Gasteiger partial charge on any atom is 0.234 e. The van der Waals surface area contributed by atoms with Crippen molar-refractivity contribution in [3.8, 4) is 0 Å². The van der Waals surface area contributed by atoms with E-state index < -0.39 is 0 Å². The molecule has 0 saturated carbocycles. The van der Waals surface area contributed by atoms with Crippen molar-refractivity contribution in [1.29, 1.82) is 0 Å². The topological polar surface area (TPSA) is 100 Å². The molecule has 0 aliphatic heterocycles. The largest absolute Gasteiger partial charge is 0.349 e. The summed E-state index contributed by atoms with van der Waals surface area (Å²) in [4.78, 5) is 40.0. The van der Waals surface area contributed by atoms with E-state index in [1.54, 1.807) is 24.3 Å². The summed E-state index contributed by atoms with van der Waals surface area (Å²) < 4.78 is 0.736. The molecule has 32 heavy (non-hydrogen) atoms. The van der Waals surface area contributed by atoms with Crippen LogP contribution < -0.4 is 16.0 Å². The lowest BCUT2D eigenvalue weighted by Gasteiger charge is -2.13. The van der Waals surface area contributed by atoms with E-state index in [9.17, 15) is 14.4 Å². The lowest BCUT2D eigenvalue weighted by atomic mass is 10.1. The molecule has 1 aromatic heterocycles. The highest BCUT2D eigenvalue weighted by molar-refractivity contribution is 8.01. The van der Waals surface area contributed by atoms with Crippen LogP contribution in [0.4, 0.5) is 11.4 Å². The van der Waals surface area contributed by atoms with Crippen LogP contribution in [0.1, 0.15) is 31.1 Å². The van der Waals surface area contributed by atoms with Crippen molar-refractivity contribution in [2.24, 2.45) is 0 Å². The first kappa shape index (κ1) is 23.5. The van der Waals surface area contributed by atoms with Crippen LogP contribution in [0.5, 0.6) is 0 Å². The SMILES string of the molecule is CC(=O)Nc1ccc(NC(=O)CSc2nc(CC(=O)N[C@@H](C)c3ccccc3)cs2)cc1. The summed E-state index contributed by atoms with van der Waals surface area (Å²) in [5.74, 6) is -0.196. The summed E-state index contributed by atoms with van der Waals surface area (Å²) in [6.45, 7) is 3.39. The maximum atomic E-state index is 12.3. The van der Waals surface area contributed by atoms with E-state index in [2.05, 4.69) is 20.9 Å². The number of hydrogen-bond donors (Lipinski definition) is 3. The molecule has 7 nitrogen and oxygen atoms in total. The van der Waals surface area contributed by atoms with E-state index in [-0.39, 0.29) is 35.9 Å². The predicted molar refractivity (Wildman–Crippen MR) is 129 cm³/mol. The molecule has 3 amide bonds. The van der Waals surface area contributed by atoms with Gasteiger partial charge in [-0.1, -0.05) is 42.1 Å². The van der Waals surface area contributed by atoms with Crippen LogP contribution in [-0.2, 0) is 20.8 Å². The second kappa shape index (κ2) is 11.4. The third-order valence-corrected chi connectivity index (χ3v) is 6.44. The molecule has 3 rings (SSSR count). The third-order valence-electron chi connectivity index (χ3n) is 4.37. The highest BCUT2D eigenvalue weighted by atomic mass is 32.2. The Labute approximate surface area is 195 Å². The lowest BCUT2D eigenvalue weighted by Crippen LogP contribution is -2.28. The summed E-state index contributed by atoms with van der Waals surface area (Å²) in [6, 6.07) is 16.6. The van der Waals surface area contributed by atoms with Gasteiger partial charge in [-0.15, -0.1) is 11.3 Å². The number of carbonyl (C=O) groups excluding carboxylic acids is 3. The quantitative estimate of drug-likeness (QED) is 0.408. The van der Waals surface area contributed by atoms with Crippen molar-refractivity contribution >= 4 is 52.2 Å². The van der Waals surface area contributed by atoms with Crippen molar-refractivity contribution in [3.63, 3.8) is 0 Å². The second-order valence-electron chi connectivity index (χ2n) is 7.08. The molecule has 3 N–H and O–H groups in total. The standard InChI is InChI=1S/C23H24N4O3S2/c1-15(17-6-4-3-5-7-17)24-21(29)12-20-13-31-23(27-20)32-14-22(30)26-19-10-8-18(9-11-19)25-16(2)28/h3-11,13,15H,12,14H2,1-2H3,(H,24,29)(H,25,28)(H,26,30)/t15-/m0/s1. The number of benzene rings is 2. The minimum absolute atomic E-state index is 0.0767. The number of amides is 3. The number of hydrogen-bond acceptors (Lipinski definition) is 6. The molecule has 0 bridgehead atoms. The summed E-state index contributed by atoms with van der Waals surface area (Å²) in [5.41, 5.74) is 3.05. The number of nitrogens with zero attached hydrogens (tertiary/aromatic N) is 1. The number of aromatic nitrogens is 1. The number of thiazole rings is 1. The Balaban J connectivity index is 1.43. The Morgan fingerprint density at radius 2 is 1.62 bits per heavy atom. The predicted octanol–water partition coefficient (Wildman–Crippen LogP) is 4.25. The van der Waals surface area contributed by atoms with Crippen molar-refractivity contribution in [3.05, 3.63) is 71.2 Å². The maximum absolute atomic E-state index is 12.3. The van der Waals surface area contributed by atoms with E-state index in [4.69, 9.17) is 0 Å². The molecule has 0 saturated heterocycles. The molecule has 3 aromatic rings. The molecule has 0 radical (unpaired) electrons. The minimum Gasteiger partial charge on any atom is -0.349 e. The Bertz CT molecular complexity index is 1070. The molecule has 1 atom stereocenters. The Morgan fingerprint density at radius 1 is 0.969 bits per heavy atom. The van der Waals surface area contributed by atoms with Crippen molar-refractivity contribution in [2.75, 3.05) is 16.4 Å². The monoisotopic (exact) mass is 468 g/mol. The van der Waals surface area contributed by atoms with Crippen LogP contribution in [-0.4, -0.2) is 28.5 Å². The van der Waals surface area contributed by atoms with Gasteiger partial charge in [0.2, 0.25) is 17.7 Å². The van der Waals surface area contributed by atoms with Gasteiger partial charge in [-0.05, 0) is 36.8 Å². The zero-order valence-corrected chi connectivity index (χ0v) is 19.4. The average Bonchev–Trinajstić information content (AvgIpc) is 3.21. The molecule has 0 unspecified atom stereocenters. The molecule has 0 aliphatic rings. The highest BCUT2D eigenvalue weighted by Gasteiger charge is 2.13. The molecular weight excluding hydrogens is 444 g/mol. The van der Waals surface area contributed by atoms with Gasteiger partial charge in [0.15, 0.2) is 4.34 Å². The van der Waals surface area contributed by atoms with E-state index >= 15 is 0 Å². The highest BCUT2D eigenvalue weighted by Crippen LogP contribution is 2.23. The summed E-state index contributed by atoms with van der Waals surface area (Å²) in [7, 11) is 0. The molecule has 0 aliphatic carbocycles. The van der Waals surface area contributed by atoms with Gasteiger partial charge in [-0.2, -0.15) is 0 Å². The van der Waals surface area contributed by atoms with Gasteiger partial charge >= 0.3 is 0 Å². The van der Waals surface area contributed by atoms with Crippen LogP contribution >= 0.6 is 23.1 Å². The normalized spacial score (nSPS) is 11.4. The van der Waals surface area contributed by atoms with Crippen LogP contribution in [0.2, 0.25) is 0 Å². The van der Waals surface area contributed by atoms with Crippen molar-refractivity contribution in [1.82, 2.24) is 10.3 Å². The number of nitrogens with one attached hydrogen (secondary N) is 3. The van der Waals surface area contributed by atoms with Gasteiger partial charge in [-0.25, -0.2) is 4.98 Å². The fourth-order valence-corrected chi connectivity index (χ4v) is 4.53. The number of thioether (sulfide) groups is 1. The van der Waals surface area contributed by atoms with Crippen LogP contribution in [0.15, 0.2) is 64.3 Å². The molecule has 9 heteroatoms. The smallest absolute Gasteiger partial charge is 0.234 e. The Hall–Kier alpha value is -3.17. The molecule has 0 fully saturated rings. The van der Waals surface area contributed by atoms with Gasteiger partial charge < -0.3 is 16.0 Å². The number of rotatable bonds is 9. The fourth-order valence-electron chi connectivity index (χ4n) is 2.88. The Morgan fingerprint density at radius 3 is 2.28 bits per heavy atom. The first-order valence-corrected chi connectivity index (χ1v) is 11.8. The molecule has 2 aromatic carbocycles. The first-order chi connectivity index (χ1) is 15.4. The zero-order valence-electron chi connectivity index (χ0n) is 17.8. The average molecular weight is 469 g/mol. The summed E-state index contributed by atoms with van der Waals surface area (Å²) >= 11 is 2.74.